The second-order valence-corrected chi connectivity index (χ2v) is 8.15. The van der Waals surface area contributed by atoms with Gasteiger partial charge >= 0.3 is 0 Å². The molecule has 0 atom stereocenters. The lowest BCUT2D eigenvalue weighted by Gasteiger charge is -2.05. The molecule has 1 N–H and O–H groups in total. The van der Waals surface area contributed by atoms with Crippen molar-refractivity contribution in [3.63, 3.8) is 0 Å². The van der Waals surface area contributed by atoms with Crippen LogP contribution in [0.25, 0.3) is 11.4 Å². The van der Waals surface area contributed by atoms with Crippen molar-refractivity contribution in [1.29, 1.82) is 0 Å². The molecular weight excluding hydrogens is 406 g/mol. The van der Waals surface area contributed by atoms with E-state index < -0.39 is 0 Å². The van der Waals surface area contributed by atoms with E-state index in [-0.39, 0.29) is 11.7 Å². The van der Waals surface area contributed by atoms with Crippen LogP contribution in [0.3, 0.4) is 0 Å². The molecule has 0 aliphatic carbocycles. The maximum absolute atomic E-state index is 12.1. The molecule has 6 nitrogen and oxygen atoms in total. The number of benzene rings is 2. The Morgan fingerprint density at radius 2 is 1.86 bits per heavy atom. The quantitative estimate of drug-likeness (QED) is 0.342. The molecular formula is C21H22ClN5OS. The van der Waals surface area contributed by atoms with Crippen molar-refractivity contribution in [2.75, 3.05) is 5.75 Å². The number of carbonyl (C=O) groups is 1. The summed E-state index contributed by atoms with van der Waals surface area (Å²) in [6.45, 7) is 4.30. The van der Waals surface area contributed by atoms with Crippen molar-refractivity contribution in [3.05, 3.63) is 64.7 Å². The molecule has 0 aliphatic rings. The molecule has 3 aromatic rings. The first kappa shape index (κ1) is 21.1. The Morgan fingerprint density at radius 1 is 1.17 bits per heavy atom. The Balaban J connectivity index is 1.52. The summed E-state index contributed by atoms with van der Waals surface area (Å²) in [5.41, 5.74) is 5.65. The second kappa shape index (κ2) is 9.71. The van der Waals surface area contributed by atoms with Crippen LogP contribution in [-0.4, -0.2) is 32.6 Å². The van der Waals surface area contributed by atoms with Crippen molar-refractivity contribution in [3.8, 4) is 11.4 Å². The zero-order valence-electron chi connectivity index (χ0n) is 16.5. The van der Waals surface area contributed by atoms with Gasteiger partial charge in [0, 0.05) is 17.6 Å². The average Bonchev–Trinajstić information content (AvgIpc) is 3.08. The van der Waals surface area contributed by atoms with Crippen LogP contribution in [-0.2, 0) is 11.8 Å². The highest BCUT2D eigenvalue weighted by atomic mass is 35.5. The molecule has 1 heterocycles. The molecule has 1 amide bonds. The number of thioether (sulfide) groups is 1. The lowest BCUT2D eigenvalue weighted by molar-refractivity contribution is -0.118. The highest BCUT2D eigenvalue weighted by Gasteiger charge is 2.12. The Morgan fingerprint density at radius 3 is 2.52 bits per heavy atom. The fourth-order valence-electron chi connectivity index (χ4n) is 2.60. The highest BCUT2D eigenvalue weighted by Crippen LogP contribution is 2.23. The largest absolute Gasteiger partial charge is 0.305 e. The maximum atomic E-state index is 12.1. The Kier molecular flexibility index (Phi) is 7.06. The van der Waals surface area contributed by atoms with Crippen LogP contribution in [0.4, 0.5) is 0 Å². The van der Waals surface area contributed by atoms with Gasteiger partial charge in [-0.1, -0.05) is 61.5 Å². The van der Waals surface area contributed by atoms with Crippen LogP contribution in [0.2, 0.25) is 5.02 Å². The number of hydrogen-bond donors (Lipinski definition) is 1. The van der Waals surface area contributed by atoms with Crippen LogP contribution in [0.15, 0.2) is 58.8 Å². The zero-order chi connectivity index (χ0) is 20.8. The van der Waals surface area contributed by atoms with E-state index in [1.165, 1.54) is 17.3 Å². The summed E-state index contributed by atoms with van der Waals surface area (Å²) >= 11 is 7.23. The normalized spacial score (nSPS) is 11.3. The average molecular weight is 428 g/mol. The molecule has 150 valence electrons. The monoisotopic (exact) mass is 427 g/mol. The van der Waals surface area contributed by atoms with E-state index in [1.54, 1.807) is 18.3 Å². The topological polar surface area (TPSA) is 72.2 Å². The first-order valence-electron chi connectivity index (χ1n) is 9.14. The Labute approximate surface area is 179 Å². The van der Waals surface area contributed by atoms with Gasteiger partial charge in [0.15, 0.2) is 11.0 Å². The summed E-state index contributed by atoms with van der Waals surface area (Å²) in [6.07, 6.45) is 1.63. The van der Waals surface area contributed by atoms with Gasteiger partial charge in [-0.3, -0.25) is 4.79 Å². The van der Waals surface area contributed by atoms with E-state index in [4.69, 9.17) is 11.6 Å². The van der Waals surface area contributed by atoms with Crippen LogP contribution in [0.1, 0.15) is 30.9 Å². The molecule has 0 saturated heterocycles. The second-order valence-electron chi connectivity index (χ2n) is 6.78. The highest BCUT2D eigenvalue weighted by molar-refractivity contribution is 7.99. The first-order valence-corrected chi connectivity index (χ1v) is 10.5. The van der Waals surface area contributed by atoms with Gasteiger partial charge in [0.1, 0.15) is 0 Å². The van der Waals surface area contributed by atoms with Crippen molar-refractivity contribution < 1.29 is 4.79 Å². The van der Waals surface area contributed by atoms with E-state index in [1.807, 2.05) is 35.9 Å². The third kappa shape index (κ3) is 5.68. The molecule has 29 heavy (non-hydrogen) atoms. The molecule has 0 bridgehead atoms. The van der Waals surface area contributed by atoms with Gasteiger partial charge in [0.05, 0.1) is 12.0 Å². The van der Waals surface area contributed by atoms with Crippen LogP contribution < -0.4 is 5.43 Å². The van der Waals surface area contributed by atoms with Gasteiger partial charge in [-0.05, 0) is 41.3 Å². The molecule has 1 aromatic heterocycles. The lowest BCUT2D eigenvalue weighted by atomic mass is 10.0. The fourth-order valence-corrected chi connectivity index (χ4v) is 3.43. The lowest BCUT2D eigenvalue weighted by Crippen LogP contribution is -2.19. The van der Waals surface area contributed by atoms with Gasteiger partial charge < -0.3 is 4.57 Å². The molecule has 0 spiro atoms. The fraction of sp³-hybridized carbons (Fsp3) is 0.238. The first-order chi connectivity index (χ1) is 13.9. The zero-order valence-corrected chi connectivity index (χ0v) is 18.0. The number of amides is 1. The van der Waals surface area contributed by atoms with Crippen molar-refractivity contribution in [2.24, 2.45) is 12.1 Å². The minimum atomic E-state index is -0.207. The maximum Gasteiger partial charge on any atom is 0.250 e. The Hall–Kier alpha value is -2.64. The summed E-state index contributed by atoms with van der Waals surface area (Å²) in [7, 11) is 1.86. The number of nitrogens with zero attached hydrogens (tertiary/aromatic N) is 4. The minimum Gasteiger partial charge on any atom is -0.305 e. The summed E-state index contributed by atoms with van der Waals surface area (Å²) in [5.74, 6) is 1.18. The molecule has 3 rings (SSSR count). The van der Waals surface area contributed by atoms with Crippen molar-refractivity contribution >= 4 is 35.5 Å². The molecule has 0 aliphatic heterocycles. The summed E-state index contributed by atoms with van der Waals surface area (Å²) in [4.78, 5) is 12.1. The SMILES string of the molecule is CC(C)c1ccc(/C=N/NC(=O)CSc2nnc(-c3ccc(Cl)cc3)n2C)cc1. The van der Waals surface area contributed by atoms with E-state index in [0.29, 0.717) is 21.9 Å². The number of hydrazone groups is 1. The van der Waals surface area contributed by atoms with Crippen molar-refractivity contribution in [1.82, 2.24) is 20.2 Å². The van der Waals surface area contributed by atoms with E-state index >= 15 is 0 Å². The molecule has 0 unspecified atom stereocenters. The third-order valence-corrected chi connectivity index (χ3v) is 5.55. The number of hydrogen-bond acceptors (Lipinski definition) is 5. The number of carbonyl (C=O) groups excluding carboxylic acids is 1. The molecule has 0 saturated carbocycles. The molecule has 2 aromatic carbocycles. The third-order valence-electron chi connectivity index (χ3n) is 4.28. The van der Waals surface area contributed by atoms with Gasteiger partial charge in [-0.25, -0.2) is 5.43 Å². The molecule has 0 radical (unpaired) electrons. The van der Waals surface area contributed by atoms with Crippen LogP contribution >= 0.6 is 23.4 Å². The summed E-state index contributed by atoms with van der Waals surface area (Å²) in [6, 6.07) is 15.5. The summed E-state index contributed by atoms with van der Waals surface area (Å²) in [5, 5.41) is 13.7. The van der Waals surface area contributed by atoms with Crippen molar-refractivity contribution in [2.45, 2.75) is 24.9 Å². The van der Waals surface area contributed by atoms with Gasteiger partial charge in [0.2, 0.25) is 0 Å². The number of halogens is 1. The van der Waals surface area contributed by atoms with Gasteiger partial charge in [-0.2, -0.15) is 5.10 Å². The van der Waals surface area contributed by atoms with Gasteiger partial charge in [0.25, 0.3) is 5.91 Å². The standard InChI is InChI=1S/C21H22ClN5OS/c1-14(2)16-6-4-15(5-7-16)12-23-24-19(28)13-29-21-26-25-20(27(21)3)17-8-10-18(22)11-9-17/h4-12,14H,13H2,1-3H3,(H,24,28)/b23-12+. The van der Waals surface area contributed by atoms with Gasteiger partial charge in [-0.15, -0.1) is 10.2 Å². The smallest absolute Gasteiger partial charge is 0.250 e. The molecule has 0 fully saturated rings. The predicted octanol–water partition coefficient (Wildman–Crippen LogP) is 4.50. The predicted molar refractivity (Wildman–Crippen MR) is 118 cm³/mol. The number of aromatic nitrogens is 3. The van der Waals surface area contributed by atoms with E-state index in [0.717, 1.165) is 11.1 Å². The number of nitrogens with one attached hydrogen (secondary N) is 1. The molecule has 8 heteroatoms. The minimum absolute atomic E-state index is 0.191. The Bertz CT molecular complexity index is 997. The van der Waals surface area contributed by atoms with E-state index in [9.17, 15) is 4.79 Å². The van der Waals surface area contributed by atoms with Crippen LogP contribution in [0, 0.1) is 0 Å². The van der Waals surface area contributed by atoms with E-state index in [2.05, 4.69) is 46.7 Å². The summed E-state index contributed by atoms with van der Waals surface area (Å²) < 4.78 is 1.85. The number of rotatable bonds is 7. The van der Waals surface area contributed by atoms with Crippen LogP contribution in [0.5, 0.6) is 0 Å².